The van der Waals surface area contributed by atoms with E-state index in [1.54, 1.807) is 0 Å². The van der Waals surface area contributed by atoms with Gasteiger partial charge in [0, 0.05) is 0 Å². The topological polar surface area (TPSA) is 9.23 Å². The molecule has 0 heterocycles. The lowest BCUT2D eigenvalue weighted by molar-refractivity contribution is 0.482. The molecule has 2 rings (SSSR count). The minimum atomic E-state index is 0.872. The van der Waals surface area contributed by atoms with Crippen molar-refractivity contribution in [2.45, 2.75) is 40.0 Å². The summed E-state index contributed by atoms with van der Waals surface area (Å²) in [6.07, 6.45) is 4.08. The third kappa shape index (κ3) is 6.66. The van der Waals surface area contributed by atoms with Gasteiger partial charge in [0.25, 0.3) is 0 Å². The number of ether oxygens (including phenoxy) is 1. The fourth-order valence-electron chi connectivity index (χ4n) is 1.58. The Morgan fingerprint density at radius 2 is 1.26 bits per heavy atom. The normalized spacial score (nSPS) is 9.42. The van der Waals surface area contributed by atoms with Crippen molar-refractivity contribution in [2.24, 2.45) is 0 Å². The fraction of sp³-hybridized carbons (Fsp3) is 0.333. The Balaban J connectivity index is 0.000000312. The van der Waals surface area contributed by atoms with Gasteiger partial charge in [-0.15, -0.1) is 0 Å². The molecule has 0 aliphatic rings. The third-order valence-electron chi connectivity index (χ3n) is 2.71. The molecule has 1 nitrogen and oxygen atoms in total. The van der Waals surface area contributed by atoms with E-state index in [1.165, 1.54) is 24.8 Å². The third-order valence-corrected chi connectivity index (χ3v) is 2.71. The predicted octanol–water partition coefficient (Wildman–Crippen LogP) is 5.98. The molecule has 0 N–H and O–H groups in total. The van der Waals surface area contributed by atoms with Crippen LogP contribution in [0.3, 0.4) is 0 Å². The molecule has 102 valence electrons. The van der Waals surface area contributed by atoms with Crippen molar-refractivity contribution in [3.63, 3.8) is 0 Å². The van der Waals surface area contributed by atoms with E-state index < -0.39 is 0 Å². The largest absolute Gasteiger partial charge is 0.457 e. The minimum Gasteiger partial charge on any atom is -0.457 e. The van der Waals surface area contributed by atoms with Crippen LogP contribution in [-0.2, 0) is 0 Å². The molecule has 19 heavy (non-hydrogen) atoms. The van der Waals surface area contributed by atoms with Gasteiger partial charge in [-0.05, 0) is 31.2 Å². The van der Waals surface area contributed by atoms with Gasteiger partial charge in [0.1, 0.15) is 11.5 Å². The van der Waals surface area contributed by atoms with Gasteiger partial charge in [-0.3, -0.25) is 0 Å². The van der Waals surface area contributed by atoms with E-state index in [2.05, 4.69) is 20.8 Å². The van der Waals surface area contributed by atoms with Crippen LogP contribution in [0.15, 0.2) is 54.6 Å². The standard InChI is InChI=1S/C13H12O.C5H12/c1-11-7-9-13(10-8-11)14-12-5-3-2-4-6-12;1-3-5-4-2/h2-10H,1H3;3-5H2,1-2H3. The first-order chi connectivity index (χ1) is 9.26. The molecular formula is C18H24O. The number of hydrogen-bond acceptors (Lipinski definition) is 1. The van der Waals surface area contributed by atoms with Crippen LogP contribution in [0.1, 0.15) is 38.7 Å². The van der Waals surface area contributed by atoms with Crippen LogP contribution < -0.4 is 4.74 Å². The molecule has 2 aromatic rings. The van der Waals surface area contributed by atoms with Gasteiger partial charge in [0.15, 0.2) is 0 Å². The average molecular weight is 256 g/mol. The molecule has 0 aliphatic heterocycles. The van der Waals surface area contributed by atoms with Gasteiger partial charge in [-0.1, -0.05) is 69.0 Å². The van der Waals surface area contributed by atoms with Crippen molar-refractivity contribution >= 4 is 0 Å². The second-order valence-electron chi connectivity index (χ2n) is 4.58. The van der Waals surface area contributed by atoms with Crippen molar-refractivity contribution in [3.8, 4) is 11.5 Å². The van der Waals surface area contributed by atoms with E-state index in [9.17, 15) is 0 Å². The zero-order valence-electron chi connectivity index (χ0n) is 12.2. The van der Waals surface area contributed by atoms with Crippen LogP contribution in [0.25, 0.3) is 0 Å². The molecule has 0 saturated heterocycles. The molecule has 0 aromatic heterocycles. The zero-order valence-corrected chi connectivity index (χ0v) is 12.2. The summed E-state index contributed by atoms with van der Waals surface area (Å²) in [5, 5.41) is 0. The van der Waals surface area contributed by atoms with Crippen LogP contribution >= 0.6 is 0 Å². The van der Waals surface area contributed by atoms with E-state index in [0.29, 0.717) is 0 Å². The number of hydrogen-bond donors (Lipinski definition) is 0. The summed E-state index contributed by atoms with van der Waals surface area (Å²) in [6.45, 7) is 6.49. The molecule has 0 saturated carbocycles. The van der Waals surface area contributed by atoms with E-state index in [0.717, 1.165) is 11.5 Å². The summed E-state index contributed by atoms with van der Waals surface area (Å²) in [6, 6.07) is 17.8. The van der Waals surface area contributed by atoms with Crippen LogP contribution in [0.4, 0.5) is 0 Å². The van der Waals surface area contributed by atoms with Crippen molar-refractivity contribution in [2.75, 3.05) is 0 Å². The number of aryl methyl sites for hydroxylation is 1. The van der Waals surface area contributed by atoms with Crippen molar-refractivity contribution in [1.82, 2.24) is 0 Å². The highest BCUT2D eigenvalue weighted by Crippen LogP contribution is 2.20. The van der Waals surface area contributed by atoms with Crippen LogP contribution in [0.5, 0.6) is 11.5 Å². The molecule has 0 unspecified atom stereocenters. The fourth-order valence-corrected chi connectivity index (χ4v) is 1.58. The smallest absolute Gasteiger partial charge is 0.127 e. The van der Waals surface area contributed by atoms with Gasteiger partial charge < -0.3 is 4.74 Å². The van der Waals surface area contributed by atoms with Crippen LogP contribution in [0.2, 0.25) is 0 Å². The molecule has 0 bridgehead atoms. The SMILES string of the molecule is CCCCC.Cc1ccc(Oc2ccccc2)cc1. The second kappa shape index (κ2) is 9.21. The first kappa shape index (κ1) is 15.3. The Morgan fingerprint density at radius 3 is 1.74 bits per heavy atom. The maximum Gasteiger partial charge on any atom is 0.127 e. The van der Waals surface area contributed by atoms with Gasteiger partial charge in [-0.2, -0.15) is 0 Å². The molecule has 0 fully saturated rings. The summed E-state index contributed by atoms with van der Waals surface area (Å²) in [4.78, 5) is 0. The van der Waals surface area contributed by atoms with E-state index >= 15 is 0 Å². The van der Waals surface area contributed by atoms with E-state index in [-0.39, 0.29) is 0 Å². The molecule has 0 radical (unpaired) electrons. The molecule has 0 atom stereocenters. The maximum atomic E-state index is 5.63. The Morgan fingerprint density at radius 1 is 0.737 bits per heavy atom. The number of unbranched alkanes of at least 4 members (excludes halogenated alkanes) is 2. The average Bonchev–Trinajstić information content (AvgIpc) is 2.44. The number of benzene rings is 2. The predicted molar refractivity (Wildman–Crippen MR) is 82.9 cm³/mol. The summed E-state index contributed by atoms with van der Waals surface area (Å²) < 4.78 is 5.63. The lowest BCUT2D eigenvalue weighted by atomic mass is 10.2. The van der Waals surface area contributed by atoms with Crippen molar-refractivity contribution in [3.05, 3.63) is 60.2 Å². The Labute approximate surface area is 117 Å². The van der Waals surface area contributed by atoms with Gasteiger partial charge in [0.2, 0.25) is 0 Å². The maximum absolute atomic E-state index is 5.63. The summed E-state index contributed by atoms with van der Waals surface area (Å²) >= 11 is 0. The second-order valence-corrected chi connectivity index (χ2v) is 4.58. The highest BCUT2D eigenvalue weighted by molar-refractivity contribution is 5.32. The monoisotopic (exact) mass is 256 g/mol. The number of rotatable bonds is 4. The van der Waals surface area contributed by atoms with E-state index in [4.69, 9.17) is 4.74 Å². The molecule has 0 spiro atoms. The highest BCUT2D eigenvalue weighted by Gasteiger charge is 1.94. The lowest BCUT2D eigenvalue weighted by Crippen LogP contribution is -1.82. The molecule has 0 aliphatic carbocycles. The highest BCUT2D eigenvalue weighted by atomic mass is 16.5. The quantitative estimate of drug-likeness (QED) is 0.653. The zero-order chi connectivity index (χ0) is 13.9. The minimum absolute atomic E-state index is 0.872. The van der Waals surface area contributed by atoms with E-state index in [1.807, 2.05) is 54.6 Å². The summed E-state index contributed by atoms with van der Waals surface area (Å²) in [5.41, 5.74) is 1.24. The lowest BCUT2D eigenvalue weighted by Gasteiger charge is -2.04. The van der Waals surface area contributed by atoms with Crippen LogP contribution in [0, 0.1) is 6.92 Å². The van der Waals surface area contributed by atoms with Gasteiger partial charge >= 0.3 is 0 Å². The first-order valence-corrected chi connectivity index (χ1v) is 7.05. The van der Waals surface area contributed by atoms with Crippen molar-refractivity contribution < 1.29 is 4.74 Å². The molecule has 2 aromatic carbocycles. The first-order valence-electron chi connectivity index (χ1n) is 7.05. The van der Waals surface area contributed by atoms with Crippen LogP contribution in [-0.4, -0.2) is 0 Å². The van der Waals surface area contributed by atoms with Crippen molar-refractivity contribution in [1.29, 1.82) is 0 Å². The van der Waals surface area contributed by atoms with Gasteiger partial charge in [-0.25, -0.2) is 0 Å². The molecular weight excluding hydrogens is 232 g/mol. The summed E-state index contributed by atoms with van der Waals surface area (Å²) in [7, 11) is 0. The Kier molecular flexibility index (Phi) is 7.41. The molecule has 0 amide bonds. The summed E-state index contributed by atoms with van der Waals surface area (Å²) in [5.74, 6) is 1.75. The Hall–Kier alpha value is -1.76. The Bertz CT molecular complexity index is 429. The molecule has 1 heteroatoms. The number of para-hydroxylation sites is 1. The van der Waals surface area contributed by atoms with Gasteiger partial charge in [0.05, 0.1) is 0 Å².